The topological polar surface area (TPSA) is 107 Å². The molecular formula is C20H18Cl2N2O6S. The minimum absolute atomic E-state index is 0.00719. The van der Waals surface area contributed by atoms with Crippen molar-refractivity contribution in [2.24, 2.45) is 0 Å². The maximum Gasteiger partial charge on any atom is 0.262 e. The van der Waals surface area contributed by atoms with Crippen LogP contribution in [0.4, 0.5) is 5.69 Å². The van der Waals surface area contributed by atoms with Gasteiger partial charge in [-0.15, -0.1) is 0 Å². The lowest BCUT2D eigenvalue weighted by Crippen LogP contribution is -2.23. The summed E-state index contributed by atoms with van der Waals surface area (Å²) in [5, 5.41) is 2.96. The number of nitrogens with one attached hydrogen (secondary N) is 2. The molecular weight excluding hydrogens is 467 g/mol. The molecule has 0 aliphatic rings. The smallest absolute Gasteiger partial charge is 0.262 e. The number of carbonyl (C=O) groups excluding carboxylic acids is 1. The molecule has 0 aliphatic heterocycles. The van der Waals surface area contributed by atoms with Gasteiger partial charge in [-0.25, -0.2) is 8.42 Å². The third-order valence-corrected chi connectivity index (χ3v) is 6.23. The molecule has 1 heterocycles. The van der Waals surface area contributed by atoms with E-state index in [9.17, 15) is 13.2 Å². The monoisotopic (exact) mass is 484 g/mol. The Labute approximate surface area is 189 Å². The van der Waals surface area contributed by atoms with Crippen molar-refractivity contribution in [1.82, 2.24) is 5.32 Å². The summed E-state index contributed by atoms with van der Waals surface area (Å²) in [5.74, 6) is -0.00488. The molecule has 3 aromatic rings. The van der Waals surface area contributed by atoms with Crippen LogP contribution in [0.25, 0.3) is 0 Å². The first kappa shape index (κ1) is 22.8. The Balaban J connectivity index is 1.87. The Morgan fingerprint density at radius 2 is 1.77 bits per heavy atom. The highest BCUT2D eigenvalue weighted by Crippen LogP contribution is 2.37. The van der Waals surface area contributed by atoms with Crippen molar-refractivity contribution in [2.75, 3.05) is 18.9 Å². The number of ether oxygens (including phenoxy) is 2. The highest BCUT2D eigenvalue weighted by molar-refractivity contribution is 7.92. The van der Waals surface area contributed by atoms with E-state index in [0.717, 1.165) is 5.56 Å². The molecule has 0 fully saturated rings. The molecule has 164 valence electrons. The number of furan rings is 1. The normalized spacial score (nSPS) is 11.1. The van der Waals surface area contributed by atoms with Crippen LogP contribution in [0.5, 0.6) is 11.5 Å². The largest absolute Gasteiger partial charge is 0.495 e. The third-order valence-electron chi connectivity index (χ3n) is 4.24. The van der Waals surface area contributed by atoms with Crippen molar-refractivity contribution in [2.45, 2.75) is 11.4 Å². The van der Waals surface area contributed by atoms with E-state index < -0.39 is 15.9 Å². The quantitative estimate of drug-likeness (QED) is 0.492. The highest BCUT2D eigenvalue weighted by atomic mass is 35.5. The number of amides is 1. The van der Waals surface area contributed by atoms with Crippen molar-refractivity contribution < 1.29 is 27.1 Å². The summed E-state index contributed by atoms with van der Waals surface area (Å²) >= 11 is 12.2. The van der Waals surface area contributed by atoms with Gasteiger partial charge in [-0.3, -0.25) is 9.52 Å². The van der Waals surface area contributed by atoms with Gasteiger partial charge in [-0.2, -0.15) is 0 Å². The number of benzene rings is 2. The van der Waals surface area contributed by atoms with Crippen LogP contribution >= 0.6 is 23.2 Å². The Bertz CT molecular complexity index is 1200. The highest BCUT2D eigenvalue weighted by Gasteiger charge is 2.21. The minimum Gasteiger partial charge on any atom is -0.495 e. The lowest BCUT2D eigenvalue weighted by atomic mass is 10.2. The molecule has 2 aromatic carbocycles. The van der Waals surface area contributed by atoms with Gasteiger partial charge in [0.05, 0.1) is 52.9 Å². The zero-order valence-electron chi connectivity index (χ0n) is 16.4. The van der Waals surface area contributed by atoms with Gasteiger partial charge in [0.25, 0.3) is 15.9 Å². The fraction of sp³-hybridized carbons (Fsp3) is 0.150. The van der Waals surface area contributed by atoms with Gasteiger partial charge in [0, 0.05) is 18.2 Å². The Kier molecular flexibility index (Phi) is 6.99. The number of halogens is 2. The Hall–Kier alpha value is -2.88. The van der Waals surface area contributed by atoms with Crippen molar-refractivity contribution in [1.29, 1.82) is 0 Å². The standard InChI is InChI=1S/C20H18Cl2N2O6S/c1-28-18-9-19(29-2)17(8-16(18)22)24-31(26,27)13-3-4-15(21)14(7-13)20(25)23-10-12-5-6-30-11-12/h3-9,11,24H,10H2,1-2H3,(H,23,25). The number of hydrogen-bond acceptors (Lipinski definition) is 6. The second-order valence-electron chi connectivity index (χ2n) is 6.25. The minimum atomic E-state index is -4.10. The van der Waals surface area contributed by atoms with Crippen LogP contribution in [-0.4, -0.2) is 28.5 Å². The molecule has 0 saturated carbocycles. The van der Waals surface area contributed by atoms with Crippen molar-refractivity contribution in [3.8, 4) is 11.5 Å². The summed E-state index contributed by atoms with van der Waals surface area (Å²) in [5.41, 5.74) is 0.861. The maximum absolute atomic E-state index is 12.9. The molecule has 11 heteroatoms. The van der Waals surface area contributed by atoms with Crippen LogP contribution < -0.4 is 19.5 Å². The molecule has 31 heavy (non-hydrogen) atoms. The van der Waals surface area contributed by atoms with Crippen LogP contribution in [0.15, 0.2) is 58.2 Å². The van der Waals surface area contributed by atoms with Gasteiger partial charge in [-0.1, -0.05) is 23.2 Å². The fourth-order valence-corrected chi connectivity index (χ4v) is 4.19. The second kappa shape index (κ2) is 9.51. The molecule has 0 aliphatic carbocycles. The Morgan fingerprint density at radius 3 is 2.42 bits per heavy atom. The van der Waals surface area contributed by atoms with E-state index in [0.29, 0.717) is 5.75 Å². The van der Waals surface area contributed by atoms with Crippen LogP contribution in [0.1, 0.15) is 15.9 Å². The van der Waals surface area contributed by atoms with E-state index in [4.69, 9.17) is 37.1 Å². The molecule has 0 bridgehead atoms. The molecule has 0 spiro atoms. The van der Waals surface area contributed by atoms with E-state index in [1.54, 1.807) is 6.07 Å². The van der Waals surface area contributed by atoms with E-state index >= 15 is 0 Å². The number of anilines is 1. The first-order valence-corrected chi connectivity index (χ1v) is 11.0. The zero-order valence-corrected chi connectivity index (χ0v) is 18.8. The number of methoxy groups -OCH3 is 2. The average molecular weight is 485 g/mol. The van der Waals surface area contributed by atoms with Crippen LogP contribution in [0, 0.1) is 0 Å². The lowest BCUT2D eigenvalue weighted by molar-refractivity contribution is 0.0951. The zero-order chi connectivity index (χ0) is 22.6. The first-order valence-electron chi connectivity index (χ1n) is 8.78. The third kappa shape index (κ3) is 5.25. The predicted octanol–water partition coefficient (Wildman–Crippen LogP) is 4.33. The van der Waals surface area contributed by atoms with Crippen LogP contribution in [-0.2, 0) is 16.6 Å². The van der Waals surface area contributed by atoms with Gasteiger partial charge < -0.3 is 19.2 Å². The summed E-state index contributed by atoms with van der Waals surface area (Å²) in [4.78, 5) is 12.4. The SMILES string of the molecule is COc1cc(OC)c(NS(=O)(=O)c2ccc(Cl)c(C(=O)NCc3ccoc3)c2)cc1Cl. The van der Waals surface area contributed by atoms with Gasteiger partial charge in [0.2, 0.25) is 0 Å². The molecule has 8 nitrogen and oxygen atoms in total. The van der Waals surface area contributed by atoms with E-state index in [-0.39, 0.29) is 38.5 Å². The summed E-state index contributed by atoms with van der Waals surface area (Å²) in [6.07, 6.45) is 2.97. The van der Waals surface area contributed by atoms with Crippen molar-refractivity contribution in [3.05, 3.63) is 70.1 Å². The second-order valence-corrected chi connectivity index (χ2v) is 8.75. The first-order chi connectivity index (χ1) is 14.7. The predicted molar refractivity (Wildman–Crippen MR) is 117 cm³/mol. The average Bonchev–Trinajstić information content (AvgIpc) is 3.26. The molecule has 0 atom stereocenters. The van der Waals surface area contributed by atoms with Gasteiger partial charge in [0.15, 0.2) is 0 Å². The van der Waals surface area contributed by atoms with E-state index in [2.05, 4.69) is 10.0 Å². The molecule has 2 N–H and O–H groups in total. The lowest BCUT2D eigenvalue weighted by Gasteiger charge is -2.15. The van der Waals surface area contributed by atoms with Crippen molar-refractivity contribution >= 4 is 44.8 Å². The molecule has 1 aromatic heterocycles. The summed E-state index contributed by atoms with van der Waals surface area (Å²) < 4.78 is 43.6. The van der Waals surface area contributed by atoms with Crippen molar-refractivity contribution in [3.63, 3.8) is 0 Å². The molecule has 3 rings (SSSR count). The number of carbonyl (C=O) groups is 1. The number of hydrogen-bond donors (Lipinski definition) is 2. The summed E-state index contributed by atoms with van der Waals surface area (Å²) in [7, 11) is -1.29. The molecule has 0 radical (unpaired) electrons. The summed E-state index contributed by atoms with van der Waals surface area (Å²) in [6, 6.07) is 8.32. The van der Waals surface area contributed by atoms with Crippen LogP contribution in [0.2, 0.25) is 10.0 Å². The Morgan fingerprint density at radius 1 is 1.03 bits per heavy atom. The molecule has 1 amide bonds. The van der Waals surface area contributed by atoms with E-state index in [1.807, 2.05) is 0 Å². The maximum atomic E-state index is 12.9. The molecule has 0 unspecified atom stereocenters. The van der Waals surface area contributed by atoms with Crippen LogP contribution in [0.3, 0.4) is 0 Å². The van der Waals surface area contributed by atoms with Gasteiger partial charge in [0.1, 0.15) is 11.5 Å². The van der Waals surface area contributed by atoms with Gasteiger partial charge >= 0.3 is 0 Å². The number of rotatable bonds is 8. The van der Waals surface area contributed by atoms with Gasteiger partial charge in [-0.05, 0) is 30.3 Å². The number of sulfonamides is 1. The van der Waals surface area contributed by atoms with E-state index in [1.165, 1.54) is 57.1 Å². The molecule has 0 saturated heterocycles. The summed E-state index contributed by atoms with van der Waals surface area (Å²) in [6.45, 7) is 0.197. The fourth-order valence-electron chi connectivity index (χ4n) is 2.66.